The van der Waals surface area contributed by atoms with Crippen molar-refractivity contribution < 1.29 is 4.74 Å². The highest BCUT2D eigenvalue weighted by molar-refractivity contribution is 7.15. The molecule has 0 aliphatic heterocycles. The normalized spacial score (nSPS) is 10.0. The molecule has 0 saturated heterocycles. The molecule has 2 aromatic rings. The Bertz CT molecular complexity index is 516. The molecule has 0 bridgehead atoms. The van der Waals surface area contributed by atoms with Gasteiger partial charge in [-0.3, -0.25) is 4.98 Å². The van der Waals surface area contributed by atoms with E-state index in [-0.39, 0.29) is 0 Å². The van der Waals surface area contributed by atoms with Gasteiger partial charge in [0.05, 0.1) is 18.0 Å². The van der Waals surface area contributed by atoms with Gasteiger partial charge in [-0.2, -0.15) is 5.26 Å². The van der Waals surface area contributed by atoms with Crippen LogP contribution in [0.2, 0.25) is 0 Å². The van der Waals surface area contributed by atoms with Crippen LogP contribution in [0.1, 0.15) is 10.6 Å². The zero-order valence-corrected chi connectivity index (χ0v) is 9.49. The van der Waals surface area contributed by atoms with Crippen LogP contribution in [0.15, 0.2) is 24.4 Å². The standard InChI is InChI=1S/C11H9N3OS/c1-15-7-9-10(6-12)16-11(14-9)8-4-2-3-5-13-8/h2-5H,7H2,1H3. The zero-order valence-electron chi connectivity index (χ0n) is 8.67. The Hall–Kier alpha value is -1.77. The van der Waals surface area contributed by atoms with Gasteiger partial charge in [0.2, 0.25) is 0 Å². The van der Waals surface area contributed by atoms with Crippen LogP contribution in [0, 0.1) is 11.3 Å². The van der Waals surface area contributed by atoms with Gasteiger partial charge in [0.1, 0.15) is 16.0 Å². The third kappa shape index (κ3) is 2.08. The maximum atomic E-state index is 8.95. The van der Waals surface area contributed by atoms with E-state index in [1.54, 1.807) is 13.3 Å². The van der Waals surface area contributed by atoms with Crippen LogP contribution in [-0.2, 0) is 11.3 Å². The van der Waals surface area contributed by atoms with Crippen LogP contribution in [0.3, 0.4) is 0 Å². The van der Waals surface area contributed by atoms with E-state index in [2.05, 4.69) is 16.0 Å². The van der Waals surface area contributed by atoms with Gasteiger partial charge >= 0.3 is 0 Å². The Balaban J connectivity index is 2.41. The molecule has 2 rings (SSSR count). The van der Waals surface area contributed by atoms with Crippen molar-refractivity contribution in [2.24, 2.45) is 0 Å². The van der Waals surface area contributed by atoms with Crippen molar-refractivity contribution in [3.8, 4) is 16.8 Å². The number of nitrogens with zero attached hydrogens (tertiary/aromatic N) is 3. The molecule has 0 fully saturated rings. The summed E-state index contributed by atoms with van der Waals surface area (Å²) in [5, 5.41) is 9.70. The van der Waals surface area contributed by atoms with Crippen molar-refractivity contribution in [3.05, 3.63) is 35.0 Å². The molecule has 2 heterocycles. The SMILES string of the molecule is COCc1nc(-c2ccccn2)sc1C#N. The second-order valence-electron chi connectivity index (χ2n) is 3.05. The van der Waals surface area contributed by atoms with Crippen molar-refractivity contribution in [1.82, 2.24) is 9.97 Å². The lowest BCUT2D eigenvalue weighted by atomic mass is 10.3. The third-order valence-electron chi connectivity index (χ3n) is 1.96. The summed E-state index contributed by atoms with van der Waals surface area (Å²) in [6.07, 6.45) is 1.71. The first-order valence-electron chi connectivity index (χ1n) is 4.65. The van der Waals surface area contributed by atoms with Crippen molar-refractivity contribution >= 4 is 11.3 Å². The number of aromatic nitrogens is 2. The van der Waals surface area contributed by atoms with E-state index in [0.717, 1.165) is 10.7 Å². The number of rotatable bonds is 3. The van der Waals surface area contributed by atoms with Crippen LogP contribution < -0.4 is 0 Å². The van der Waals surface area contributed by atoms with Gasteiger partial charge in [-0.15, -0.1) is 11.3 Å². The number of hydrogen-bond donors (Lipinski definition) is 0. The first kappa shape index (κ1) is 10.7. The molecule has 0 aliphatic rings. The minimum absolute atomic E-state index is 0.353. The summed E-state index contributed by atoms with van der Waals surface area (Å²) in [5.41, 5.74) is 1.46. The summed E-state index contributed by atoms with van der Waals surface area (Å²) in [7, 11) is 1.58. The van der Waals surface area contributed by atoms with Gasteiger partial charge in [0, 0.05) is 13.3 Å². The van der Waals surface area contributed by atoms with Crippen LogP contribution in [0.5, 0.6) is 0 Å². The maximum Gasteiger partial charge on any atom is 0.143 e. The van der Waals surface area contributed by atoms with Crippen molar-refractivity contribution in [1.29, 1.82) is 5.26 Å². The maximum absolute atomic E-state index is 8.95. The highest BCUT2D eigenvalue weighted by Crippen LogP contribution is 2.26. The second kappa shape index (κ2) is 4.84. The van der Waals surface area contributed by atoms with E-state index in [4.69, 9.17) is 10.00 Å². The largest absolute Gasteiger partial charge is 0.378 e. The molecule has 80 valence electrons. The average Bonchev–Trinajstić information content (AvgIpc) is 2.74. The van der Waals surface area contributed by atoms with Gasteiger partial charge < -0.3 is 4.74 Å². The Morgan fingerprint density at radius 1 is 1.50 bits per heavy atom. The van der Waals surface area contributed by atoms with Crippen LogP contribution >= 0.6 is 11.3 Å². The molecular weight excluding hydrogens is 222 g/mol. The number of methoxy groups -OCH3 is 1. The fraction of sp³-hybridized carbons (Fsp3) is 0.182. The fourth-order valence-electron chi connectivity index (χ4n) is 1.27. The predicted molar refractivity (Wildman–Crippen MR) is 60.8 cm³/mol. The van der Waals surface area contributed by atoms with E-state index >= 15 is 0 Å². The number of nitriles is 1. The van der Waals surface area contributed by atoms with Gasteiger partial charge in [0.25, 0.3) is 0 Å². The first-order chi connectivity index (χ1) is 7.85. The second-order valence-corrected chi connectivity index (χ2v) is 4.05. The smallest absolute Gasteiger partial charge is 0.143 e. The lowest BCUT2D eigenvalue weighted by Crippen LogP contribution is -1.90. The fourth-order valence-corrected chi connectivity index (χ4v) is 2.11. The van der Waals surface area contributed by atoms with Crippen LogP contribution in [-0.4, -0.2) is 17.1 Å². The Morgan fingerprint density at radius 3 is 3.00 bits per heavy atom. The molecule has 5 heteroatoms. The number of ether oxygens (including phenoxy) is 1. The summed E-state index contributed by atoms with van der Waals surface area (Å²) < 4.78 is 4.99. The number of hydrogen-bond acceptors (Lipinski definition) is 5. The van der Waals surface area contributed by atoms with E-state index in [9.17, 15) is 0 Å². The molecule has 0 aliphatic carbocycles. The van der Waals surface area contributed by atoms with Gasteiger partial charge in [0.15, 0.2) is 0 Å². The molecule has 4 nitrogen and oxygen atoms in total. The molecule has 16 heavy (non-hydrogen) atoms. The molecule has 0 radical (unpaired) electrons. The molecule has 2 aromatic heterocycles. The van der Waals surface area contributed by atoms with Gasteiger partial charge in [-0.25, -0.2) is 4.98 Å². The predicted octanol–water partition coefficient (Wildman–Crippen LogP) is 2.22. The Labute approximate surface area is 97.2 Å². The average molecular weight is 231 g/mol. The third-order valence-corrected chi connectivity index (χ3v) is 2.99. The molecule has 0 N–H and O–H groups in total. The molecule has 0 spiro atoms. The highest BCUT2D eigenvalue weighted by atomic mass is 32.1. The van der Waals surface area contributed by atoms with E-state index in [1.165, 1.54) is 11.3 Å². The zero-order chi connectivity index (χ0) is 11.4. The highest BCUT2D eigenvalue weighted by Gasteiger charge is 2.12. The molecule has 0 saturated carbocycles. The molecule has 0 amide bonds. The summed E-state index contributed by atoms with van der Waals surface area (Å²) in [5.74, 6) is 0. The Morgan fingerprint density at radius 2 is 2.38 bits per heavy atom. The monoisotopic (exact) mass is 231 g/mol. The quantitative estimate of drug-likeness (QED) is 0.812. The van der Waals surface area contributed by atoms with Crippen molar-refractivity contribution in [3.63, 3.8) is 0 Å². The summed E-state index contributed by atoms with van der Waals surface area (Å²) in [6.45, 7) is 0.353. The number of pyridine rings is 1. The molecule has 0 aromatic carbocycles. The van der Waals surface area contributed by atoms with Crippen molar-refractivity contribution in [2.45, 2.75) is 6.61 Å². The lowest BCUT2D eigenvalue weighted by Gasteiger charge is -1.93. The van der Waals surface area contributed by atoms with Gasteiger partial charge in [-0.1, -0.05) is 6.07 Å². The minimum Gasteiger partial charge on any atom is -0.378 e. The lowest BCUT2D eigenvalue weighted by molar-refractivity contribution is 0.182. The minimum atomic E-state index is 0.353. The summed E-state index contributed by atoms with van der Waals surface area (Å²) in [6, 6.07) is 7.73. The molecular formula is C11H9N3OS. The Kier molecular flexibility index (Phi) is 3.25. The molecule has 0 atom stereocenters. The molecule has 0 unspecified atom stereocenters. The van der Waals surface area contributed by atoms with Crippen molar-refractivity contribution in [2.75, 3.05) is 7.11 Å². The van der Waals surface area contributed by atoms with Crippen LogP contribution in [0.25, 0.3) is 10.7 Å². The van der Waals surface area contributed by atoms with E-state index < -0.39 is 0 Å². The summed E-state index contributed by atoms with van der Waals surface area (Å²) in [4.78, 5) is 9.13. The van der Waals surface area contributed by atoms with E-state index in [0.29, 0.717) is 17.2 Å². The summed E-state index contributed by atoms with van der Waals surface area (Å²) >= 11 is 1.34. The topological polar surface area (TPSA) is 58.8 Å². The van der Waals surface area contributed by atoms with Gasteiger partial charge in [-0.05, 0) is 12.1 Å². The first-order valence-corrected chi connectivity index (χ1v) is 5.47. The van der Waals surface area contributed by atoms with Crippen LogP contribution in [0.4, 0.5) is 0 Å². The number of thiazole rings is 1. The van der Waals surface area contributed by atoms with E-state index in [1.807, 2.05) is 18.2 Å².